The number of benzene rings is 3. The molecule has 1 heterocycles. The van der Waals surface area contributed by atoms with Crippen LogP contribution < -0.4 is 5.32 Å². The minimum absolute atomic E-state index is 0.0606. The van der Waals surface area contributed by atoms with Crippen molar-refractivity contribution >= 4 is 39.0 Å². The van der Waals surface area contributed by atoms with Crippen molar-refractivity contribution in [2.24, 2.45) is 0 Å². The Morgan fingerprint density at radius 2 is 1.86 bits per heavy atom. The molecule has 0 atom stereocenters. The topological polar surface area (TPSA) is 85.4 Å². The third-order valence-electron chi connectivity index (χ3n) is 4.97. The molecule has 0 fully saturated rings. The Balaban J connectivity index is 1.68. The molecule has 0 aliphatic heterocycles. The van der Waals surface area contributed by atoms with Gasteiger partial charge in [-0.15, -0.1) is 0 Å². The number of carbonyl (C=O) groups is 1. The molecule has 28 heavy (non-hydrogen) atoms. The number of rotatable bonds is 4. The molecule has 6 heteroatoms. The van der Waals surface area contributed by atoms with Gasteiger partial charge in [0.25, 0.3) is 5.69 Å². The highest BCUT2D eigenvalue weighted by atomic mass is 16.6. The van der Waals surface area contributed by atoms with Crippen molar-refractivity contribution in [3.05, 3.63) is 81.6 Å². The Hall–Kier alpha value is -3.67. The predicted molar refractivity (Wildman–Crippen MR) is 109 cm³/mol. The van der Waals surface area contributed by atoms with Gasteiger partial charge in [0, 0.05) is 17.0 Å². The maximum Gasteiger partial charge on any atom is 0.293 e. The molecule has 0 saturated carbocycles. The van der Waals surface area contributed by atoms with E-state index in [-0.39, 0.29) is 23.7 Å². The summed E-state index contributed by atoms with van der Waals surface area (Å²) in [5, 5.41) is 17.0. The standard InChI is InChI=1S/C22H18N2O4/c1-13-9-18(19(24(26)27)10-14(13)2)23-21(25)11-16-12-28-20-8-7-15-5-3-4-6-17(15)22(16)20/h3-10,12H,11H2,1-2H3,(H,23,25). The molecule has 4 rings (SSSR count). The van der Waals surface area contributed by atoms with Crippen molar-refractivity contribution in [1.82, 2.24) is 0 Å². The van der Waals surface area contributed by atoms with E-state index in [9.17, 15) is 14.9 Å². The minimum atomic E-state index is -0.483. The maximum absolute atomic E-state index is 12.7. The Morgan fingerprint density at radius 1 is 1.11 bits per heavy atom. The van der Waals surface area contributed by atoms with Crippen molar-refractivity contribution < 1.29 is 14.1 Å². The van der Waals surface area contributed by atoms with Gasteiger partial charge in [-0.1, -0.05) is 30.3 Å². The van der Waals surface area contributed by atoms with E-state index in [1.54, 1.807) is 19.3 Å². The third kappa shape index (κ3) is 3.09. The lowest BCUT2D eigenvalue weighted by atomic mass is 10.0. The lowest BCUT2D eigenvalue weighted by Gasteiger charge is -2.09. The zero-order valence-corrected chi connectivity index (χ0v) is 15.5. The number of fused-ring (bicyclic) bond motifs is 3. The van der Waals surface area contributed by atoms with Crippen LogP contribution in [0.25, 0.3) is 21.7 Å². The van der Waals surface area contributed by atoms with E-state index in [4.69, 9.17) is 4.42 Å². The van der Waals surface area contributed by atoms with Crippen LogP contribution in [0.2, 0.25) is 0 Å². The SMILES string of the molecule is Cc1cc(NC(=O)Cc2coc3ccc4ccccc4c23)c([N+](=O)[O-])cc1C. The Bertz CT molecular complexity index is 1240. The summed E-state index contributed by atoms with van der Waals surface area (Å²) >= 11 is 0. The molecular formula is C22H18N2O4. The Labute approximate surface area is 160 Å². The summed E-state index contributed by atoms with van der Waals surface area (Å²) in [6.07, 6.45) is 1.64. The fourth-order valence-electron chi connectivity index (χ4n) is 3.42. The molecule has 0 aliphatic carbocycles. The van der Waals surface area contributed by atoms with Gasteiger partial charge in [-0.3, -0.25) is 14.9 Å². The van der Waals surface area contributed by atoms with Crippen molar-refractivity contribution in [1.29, 1.82) is 0 Å². The molecular weight excluding hydrogens is 356 g/mol. The van der Waals surface area contributed by atoms with E-state index in [0.717, 1.165) is 32.8 Å². The van der Waals surface area contributed by atoms with Crippen LogP contribution in [0.15, 0.2) is 59.2 Å². The summed E-state index contributed by atoms with van der Waals surface area (Å²) in [6, 6.07) is 14.9. The van der Waals surface area contributed by atoms with Crippen LogP contribution in [0.4, 0.5) is 11.4 Å². The smallest absolute Gasteiger partial charge is 0.293 e. The monoisotopic (exact) mass is 374 g/mol. The van der Waals surface area contributed by atoms with Crippen LogP contribution in [0.3, 0.4) is 0 Å². The van der Waals surface area contributed by atoms with Gasteiger partial charge in [-0.05, 0) is 47.9 Å². The number of nitro benzene ring substituents is 1. The average molecular weight is 374 g/mol. The molecule has 3 aromatic carbocycles. The number of nitrogens with one attached hydrogen (secondary N) is 1. The number of hydrogen-bond donors (Lipinski definition) is 1. The number of aryl methyl sites for hydroxylation is 2. The van der Waals surface area contributed by atoms with E-state index in [0.29, 0.717) is 5.58 Å². The van der Waals surface area contributed by atoms with Gasteiger partial charge >= 0.3 is 0 Å². The molecule has 1 N–H and O–H groups in total. The zero-order chi connectivity index (χ0) is 19.8. The molecule has 6 nitrogen and oxygen atoms in total. The summed E-state index contributed by atoms with van der Waals surface area (Å²) in [5.41, 5.74) is 3.22. The van der Waals surface area contributed by atoms with Crippen molar-refractivity contribution in [2.45, 2.75) is 20.3 Å². The summed E-state index contributed by atoms with van der Waals surface area (Å²) < 4.78 is 5.62. The van der Waals surface area contributed by atoms with E-state index in [1.807, 2.05) is 43.3 Å². The van der Waals surface area contributed by atoms with Gasteiger partial charge in [-0.25, -0.2) is 0 Å². The Kier molecular flexibility index (Phi) is 4.31. The second kappa shape index (κ2) is 6.81. The van der Waals surface area contributed by atoms with Gasteiger partial charge < -0.3 is 9.73 Å². The predicted octanol–water partition coefficient (Wildman–Crippen LogP) is 5.29. The zero-order valence-electron chi connectivity index (χ0n) is 15.5. The molecule has 0 bridgehead atoms. The molecule has 1 aromatic heterocycles. The van der Waals surface area contributed by atoms with Gasteiger partial charge in [0.15, 0.2) is 0 Å². The van der Waals surface area contributed by atoms with Gasteiger partial charge in [0.05, 0.1) is 17.6 Å². The van der Waals surface area contributed by atoms with E-state index >= 15 is 0 Å². The van der Waals surface area contributed by atoms with Crippen molar-refractivity contribution in [3.8, 4) is 0 Å². The molecule has 1 amide bonds. The largest absolute Gasteiger partial charge is 0.464 e. The average Bonchev–Trinajstić information content (AvgIpc) is 3.07. The van der Waals surface area contributed by atoms with Gasteiger partial charge in [-0.2, -0.15) is 0 Å². The number of amides is 1. The number of nitro groups is 1. The second-order valence-electron chi connectivity index (χ2n) is 6.86. The summed E-state index contributed by atoms with van der Waals surface area (Å²) in [7, 11) is 0. The number of carbonyl (C=O) groups excluding carboxylic acids is 1. The third-order valence-corrected chi connectivity index (χ3v) is 4.97. The molecule has 0 radical (unpaired) electrons. The normalized spacial score (nSPS) is 11.1. The minimum Gasteiger partial charge on any atom is -0.464 e. The first-order chi connectivity index (χ1) is 13.4. The summed E-state index contributed by atoms with van der Waals surface area (Å²) in [5.74, 6) is -0.331. The highest BCUT2D eigenvalue weighted by Crippen LogP contribution is 2.31. The van der Waals surface area contributed by atoms with E-state index in [1.165, 1.54) is 6.07 Å². The first-order valence-corrected chi connectivity index (χ1v) is 8.87. The second-order valence-corrected chi connectivity index (χ2v) is 6.86. The highest BCUT2D eigenvalue weighted by Gasteiger charge is 2.19. The van der Waals surface area contributed by atoms with Crippen molar-refractivity contribution in [2.75, 3.05) is 5.32 Å². The van der Waals surface area contributed by atoms with Crippen LogP contribution in [0, 0.1) is 24.0 Å². The van der Waals surface area contributed by atoms with E-state index in [2.05, 4.69) is 5.32 Å². The van der Waals surface area contributed by atoms with Gasteiger partial charge in [0.1, 0.15) is 11.3 Å². The van der Waals surface area contributed by atoms with Crippen LogP contribution >= 0.6 is 0 Å². The lowest BCUT2D eigenvalue weighted by molar-refractivity contribution is -0.384. The van der Waals surface area contributed by atoms with Crippen LogP contribution in [-0.2, 0) is 11.2 Å². The van der Waals surface area contributed by atoms with Crippen LogP contribution in [0.5, 0.6) is 0 Å². The summed E-state index contributed by atoms with van der Waals surface area (Å²) in [4.78, 5) is 23.5. The summed E-state index contributed by atoms with van der Waals surface area (Å²) in [6.45, 7) is 3.65. The van der Waals surface area contributed by atoms with E-state index < -0.39 is 4.92 Å². The first kappa shape index (κ1) is 17.7. The highest BCUT2D eigenvalue weighted by molar-refractivity contribution is 6.09. The molecule has 0 unspecified atom stereocenters. The fraction of sp³-hybridized carbons (Fsp3) is 0.136. The van der Waals surface area contributed by atoms with Crippen molar-refractivity contribution in [3.63, 3.8) is 0 Å². The molecule has 4 aromatic rings. The first-order valence-electron chi connectivity index (χ1n) is 8.87. The van der Waals surface area contributed by atoms with Gasteiger partial charge in [0.2, 0.25) is 5.91 Å². The fourth-order valence-corrected chi connectivity index (χ4v) is 3.42. The van der Waals surface area contributed by atoms with Crippen LogP contribution in [-0.4, -0.2) is 10.8 Å². The quantitative estimate of drug-likeness (QED) is 0.388. The number of hydrogen-bond acceptors (Lipinski definition) is 4. The lowest BCUT2D eigenvalue weighted by Crippen LogP contribution is -2.15. The van der Waals surface area contributed by atoms with Crippen LogP contribution in [0.1, 0.15) is 16.7 Å². The number of anilines is 1. The molecule has 140 valence electrons. The molecule has 0 aliphatic rings. The number of nitrogens with zero attached hydrogens (tertiary/aromatic N) is 1. The Morgan fingerprint density at radius 3 is 2.64 bits per heavy atom. The molecule has 0 saturated heterocycles. The molecule has 0 spiro atoms. The maximum atomic E-state index is 12.7. The number of furan rings is 1.